The summed E-state index contributed by atoms with van der Waals surface area (Å²) in [7, 11) is 0. The lowest BCUT2D eigenvalue weighted by molar-refractivity contribution is -0.119. The van der Waals surface area contributed by atoms with E-state index in [9.17, 15) is 14.4 Å². The number of nitrogens with one attached hydrogen (secondary N) is 4. The zero-order chi connectivity index (χ0) is 21.4. The molecule has 29 heavy (non-hydrogen) atoms. The van der Waals surface area contributed by atoms with Gasteiger partial charge < -0.3 is 21.3 Å². The molecule has 0 saturated carbocycles. The first-order valence-corrected chi connectivity index (χ1v) is 9.60. The molecule has 7 nitrogen and oxygen atoms in total. The number of para-hydroxylation sites is 1. The summed E-state index contributed by atoms with van der Waals surface area (Å²) in [6, 6.07) is 14.7. The molecule has 0 fully saturated rings. The minimum atomic E-state index is -0.709. The smallest absolute Gasteiger partial charge is 0.319 e. The van der Waals surface area contributed by atoms with Gasteiger partial charge in [0.15, 0.2) is 0 Å². The Bertz CT molecular complexity index is 833. The standard InChI is InChI=1S/C22H28N4O3/c1-14(2)19(26-22(29)25-16-8-6-5-7-9-16)21(28)24-18-12-10-17(11-13-18)23-20(27)15(3)4/h5-15,19H,1-4H3,(H,23,27)(H,24,28)(H2,25,26,29). The number of amides is 4. The van der Waals surface area contributed by atoms with Gasteiger partial charge in [-0.25, -0.2) is 4.79 Å². The van der Waals surface area contributed by atoms with Crippen LogP contribution in [0.1, 0.15) is 27.7 Å². The van der Waals surface area contributed by atoms with Gasteiger partial charge >= 0.3 is 6.03 Å². The molecule has 4 amide bonds. The summed E-state index contributed by atoms with van der Waals surface area (Å²) < 4.78 is 0. The highest BCUT2D eigenvalue weighted by atomic mass is 16.2. The topological polar surface area (TPSA) is 99.3 Å². The molecule has 0 aliphatic heterocycles. The summed E-state index contributed by atoms with van der Waals surface area (Å²) in [5, 5.41) is 11.0. The second kappa shape index (κ2) is 10.3. The zero-order valence-electron chi connectivity index (χ0n) is 17.2. The van der Waals surface area contributed by atoms with Gasteiger partial charge in [-0.05, 0) is 42.3 Å². The van der Waals surface area contributed by atoms with Gasteiger partial charge in [0.25, 0.3) is 0 Å². The summed E-state index contributed by atoms with van der Waals surface area (Å²) in [5.74, 6) is -0.618. The van der Waals surface area contributed by atoms with Gasteiger partial charge in [-0.2, -0.15) is 0 Å². The third kappa shape index (κ3) is 6.95. The molecule has 4 N–H and O–H groups in total. The number of benzene rings is 2. The predicted octanol–water partition coefficient (Wildman–Crippen LogP) is 4.07. The third-order valence-corrected chi connectivity index (χ3v) is 4.21. The van der Waals surface area contributed by atoms with Crippen LogP contribution in [0, 0.1) is 11.8 Å². The van der Waals surface area contributed by atoms with Crippen molar-refractivity contribution in [2.24, 2.45) is 11.8 Å². The van der Waals surface area contributed by atoms with Crippen molar-refractivity contribution in [1.82, 2.24) is 5.32 Å². The van der Waals surface area contributed by atoms with Crippen LogP contribution in [0.15, 0.2) is 54.6 Å². The molecule has 0 aliphatic carbocycles. The molecule has 0 aliphatic rings. The second-order valence-electron chi connectivity index (χ2n) is 7.40. The zero-order valence-corrected chi connectivity index (χ0v) is 17.2. The van der Waals surface area contributed by atoms with Crippen molar-refractivity contribution >= 4 is 34.9 Å². The fraction of sp³-hybridized carbons (Fsp3) is 0.318. The fourth-order valence-corrected chi connectivity index (χ4v) is 2.51. The Labute approximate surface area is 171 Å². The van der Waals surface area contributed by atoms with Crippen molar-refractivity contribution in [1.29, 1.82) is 0 Å². The molecule has 0 heterocycles. The van der Waals surface area contributed by atoms with Gasteiger partial charge in [0.05, 0.1) is 0 Å². The number of anilines is 3. The van der Waals surface area contributed by atoms with E-state index in [0.29, 0.717) is 17.1 Å². The number of hydrogen-bond donors (Lipinski definition) is 4. The van der Waals surface area contributed by atoms with Crippen molar-refractivity contribution in [2.45, 2.75) is 33.7 Å². The Morgan fingerprint density at radius 2 is 1.14 bits per heavy atom. The lowest BCUT2D eigenvalue weighted by Gasteiger charge is -2.22. The summed E-state index contributed by atoms with van der Waals surface area (Å²) in [6.45, 7) is 7.35. The van der Waals surface area contributed by atoms with Crippen LogP contribution in [0.2, 0.25) is 0 Å². The van der Waals surface area contributed by atoms with E-state index < -0.39 is 12.1 Å². The molecule has 7 heteroatoms. The van der Waals surface area contributed by atoms with Crippen molar-refractivity contribution in [3.63, 3.8) is 0 Å². The van der Waals surface area contributed by atoms with Gasteiger partial charge in [0.2, 0.25) is 11.8 Å². The Balaban J connectivity index is 1.96. The van der Waals surface area contributed by atoms with E-state index in [2.05, 4.69) is 21.3 Å². The van der Waals surface area contributed by atoms with Crippen LogP contribution in [0.3, 0.4) is 0 Å². The number of rotatable bonds is 7. The lowest BCUT2D eigenvalue weighted by Crippen LogP contribution is -2.48. The monoisotopic (exact) mass is 396 g/mol. The minimum Gasteiger partial charge on any atom is -0.326 e. The molecule has 2 aromatic carbocycles. The van der Waals surface area contributed by atoms with Crippen molar-refractivity contribution in [2.75, 3.05) is 16.0 Å². The quantitative estimate of drug-likeness (QED) is 0.568. The fourth-order valence-electron chi connectivity index (χ4n) is 2.51. The molecule has 0 bridgehead atoms. The molecule has 0 radical (unpaired) electrons. The van der Waals surface area contributed by atoms with Gasteiger partial charge in [-0.15, -0.1) is 0 Å². The first kappa shape index (κ1) is 21.9. The van der Waals surface area contributed by atoms with E-state index in [1.165, 1.54) is 0 Å². The Morgan fingerprint density at radius 1 is 0.655 bits per heavy atom. The molecule has 2 aromatic rings. The van der Waals surface area contributed by atoms with Crippen molar-refractivity contribution in [3.8, 4) is 0 Å². The average Bonchev–Trinajstić information content (AvgIpc) is 2.68. The number of urea groups is 1. The van der Waals surface area contributed by atoms with E-state index in [1.54, 1.807) is 36.4 Å². The SMILES string of the molecule is CC(C)C(=O)Nc1ccc(NC(=O)C(NC(=O)Nc2ccccc2)C(C)C)cc1. The first-order valence-electron chi connectivity index (χ1n) is 9.60. The maximum Gasteiger partial charge on any atom is 0.319 e. The van der Waals surface area contributed by atoms with Gasteiger partial charge in [-0.3, -0.25) is 9.59 Å². The van der Waals surface area contributed by atoms with Gasteiger partial charge in [-0.1, -0.05) is 45.9 Å². The molecule has 0 saturated heterocycles. The van der Waals surface area contributed by atoms with Crippen LogP contribution in [0.4, 0.5) is 21.9 Å². The average molecular weight is 396 g/mol. The van der Waals surface area contributed by atoms with Crippen LogP contribution in [0.25, 0.3) is 0 Å². The molecular formula is C22H28N4O3. The van der Waals surface area contributed by atoms with E-state index in [0.717, 1.165) is 0 Å². The van der Waals surface area contributed by atoms with Gasteiger partial charge in [0, 0.05) is 23.0 Å². The summed E-state index contributed by atoms with van der Waals surface area (Å²) >= 11 is 0. The van der Waals surface area contributed by atoms with Crippen LogP contribution < -0.4 is 21.3 Å². The largest absolute Gasteiger partial charge is 0.326 e. The Kier molecular flexibility index (Phi) is 7.77. The summed E-state index contributed by atoms with van der Waals surface area (Å²) in [5.41, 5.74) is 1.88. The summed E-state index contributed by atoms with van der Waals surface area (Å²) in [4.78, 5) is 36.7. The first-order chi connectivity index (χ1) is 13.8. The van der Waals surface area contributed by atoms with Gasteiger partial charge in [0.1, 0.15) is 6.04 Å². The molecule has 2 rings (SSSR count). The van der Waals surface area contributed by atoms with E-state index in [4.69, 9.17) is 0 Å². The maximum atomic E-state index is 12.7. The maximum absolute atomic E-state index is 12.7. The Hall–Kier alpha value is -3.35. The molecule has 1 unspecified atom stereocenters. The normalized spacial score (nSPS) is 11.7. The molecule has 154 valence electrons. The van der Waals surface area contributed by atoms with Crippen molar-refractivity contribution in [3.05, 3.63) is 54.6 Å². The third-order valence-electron chi connectivity index (χ3n) is 4.21. The van der Waals surface area contributed by atoms with Crippen molar-refractivity contribution < 1.29 is 14.4 Å². The highest BCUT2D eigenvalue weighted by Crippen LogP contribution is 2.16. The Morgan fingerprint density at radius 3 is 1.62 bits per heavy atom. The molecule has 0 spiro atoms. The van der Waals surface area contributed by atoms with Crippen LogP contribution in [-0.2, 0) is 9.59 Å². The van der Waals surface area contributed by atoms with E-state index >= 15 is 0 Å². The minimum absolute atomic E-state index is 0.0738. The van der Waals surface area contributed by atoms with Crippen LogP contribution >= 0.6 is 0 Å². The highest BCUT2D eigenvalue weighted by molar-refractivity contribution is 5.99. The number of carbonyl (C=O) groups is 3. The second-order valence-corrected chi connectivity index (χ2v) is 7.40. The number of hydrogen-bond acceptors (Lipinski definition) is 3. The predicted molar refractivity (Wildman–Crippen MR) is 116 cm³/mol. The molecular weight excluding hydrogens is 368 g/mol. The van der Waals surface area contributed by atoms with E-state index in [-0.39, 0.29) is 23.7 Å². The van der Waals surface area contributed by atoms with Crippen LogP contribution in [-0.4, -0.2) is 23.9 Å². The van der Waals surface area contributed by atoms with E-state index in [1.807, 2.05) is 45.9 Å². The highest BCUT2D eigenvalue weighted by Gasteiger charge is 2.24. The molecule has 0 aromatic heterocycles. The van der Waals surface area contributed by atoms with Crippen LogP contribution in [0.5, 0.6) is 0 Å². The molecule has 1 atom stereocenters. The lowest BCUT2D eigenvalue weighted by atomic mass is 10.0. The summed E-state index contributed by atoms with van der Waals surface area (Å²) in [6.07, 6.45) is 0. The number of carbonyl (C=O) groups excluding carboxylic acids is 3.